The van der Waals surface area contributed by atoms with E-state index in [1.165, 1.54) is 12.8 Å². The molecule has 1 aliphatic rings. The van der Waals surface area contributed by atoms with E-state index in [1.54, 1.807) is 6.92 Å². The lowest BCUT2D eigenvalue weighted by Gasteiger charge is -2.23. The third kappa shape index (κ3) is 3.74. The van der Waals surface area contributed by atoms with Gasteiger partial charge in [-0.15, -0.1) is 0 Å². The Bertz CT molecular complexity index is 164. The molecule has 0 radical (unpaired) electrons. The van der Waals surface area contributed by atoms with E-state index in [2.05, 4.69) is 10.6 Å². The van der Waals surface area contributed by atoms with Gasteiger partial charge < -0.3 is 16.4 Å². The summed E-state index contributed by atoms with van der Waals surface area (Å²) in [5, 5.41) is 6.15. The molecule has 13 heavy (non-hydrogen) atoms. The number of carbonyl (C=O) groups is 1. The average molecular weight is 185 g/mol. The molecular formula is C9H19N3O. The van der Waals surface area contributed by atoms with Crippen LogP contribution in [0.2, 0.25) is 0 Å². The SMILES string of the molecule is C[C@H](N)C(=O)NCC1CCCNC1. The Morgan fingerprint density at radius 2 is 2.54 bits per heavy atom. The van der Waals surface area contributed by atoms with E-state index in [0.717, 1.165) is 19.6 Å². The van der Waals surface area contributed by atoms with E-state index in [9.17, 15) is 4.79 Å². The molecular weight excluding hydrogens is 166 g/mol. The van der Waals surface area contributed by atoms with Crippen LogP contribution in [-0.4, -0.2) is 31.6 Å². The fourth-order valence-electron chi connectivity index (χ4n) is 1.50. The summed E-state index contributed by atoms with van der Waals surface area (Å²) in [5.74, 6) is 0.530. The standard InChI is InChI=1S/C9H19N3O/c1-7(10)9(13)12-6-8-3-2-4-11-5-8/h7-8,11H,2-6,10H2,1H3,(H,12,13)/t7-,8?/m0/s1. The van der Waals surface area contributed by atoms with Crippen LogP contribution in [0.25, 0.3) is 0 Å². The molecule has 1 rings (SSSR count). The van der Waals surface area contributed by atoms with Gasteiger partial charge in [0.2, 0.25) is 5.91 Å². The molecule has 0 aromatic carbocycles. The molecule has 76 valence electrons. The molecule has 0 saturated carbocycles. The van der Waals surface area contributed by atoms with Crippen LogP contribution in [0.4, 0.5) is 0 Å². The quantitative estimate of drug-likeness (QED) is 0.552. The fraction of sp³-hybridized carbons (Fsp3) is 0.889. The van der Waals surface area contributed by atoms with Crippen LogP contribution in [0.5, 0.6) is 0 Å². The zero-order valence-electron chi connectivity index (χ0n) is 8.18. The summed E-state index contributed by atoms with van der Waals surface area (Å²) in [6.45, 7) is 4.58. The van der Waals surface area contributed by atoms with Gasteiger partial charge in [-0.05, 0) is 38.8 Å². The Balaban J connectivity index is 2.13. The highest BCUT2D eigenvalue weighted by Gasteiger charge is 2.14. The van der Waals surface area contributed by atoms with Crippen LogP contribution in [0, 0.1) is 5.92 Å². The third-order valence-electron chi connectivity index (χ3n) is 2.38. The first kappa shape index (κ1) is 10.5. The Hall–Kier alpha value is -0.610. The molecule has 1 fully saturated rings. The third-order valence-corrected chi connectivity index (χ3v) is 2.38. The van der Waals surface area contributed by atoms with Crippen LogP contribution in [0.15, 0.2) is 0 Å². The maximum Gasteiger partial charge on any atom is 0.236 e. The molecule has 4 N–H and O–H groups in total. The molecule has 0 bridgehead atoms. The Morgan fingerprint density at radius 1 is 1.77 bits per heavy atom. The first-order chi connectivity index (χ1) is 6.20. The van der Waals surface area contributed by atoms with Crippen molar-refractivity contribution in [3.63, 3.8) is 0 Å². The molecule has 0 aromatic heterocycles. The van der Waals surface area contributed by atoms with Gasteiger partial charge in [0.05, 0.1) is 6.04 Å². The minimum absolute atomic E-state index is 0.0504. The van der Waals surface area contributed by atoms with Crippen molar-refractivity contribution in [3.05, 3.63) is 0 Å². The topological polar surface area (TPSA) is 67.2 Å². The second kappa shape index (κ2) is 5.19. The van der Waals surface area contributed by atoms with E-state index in [1.807, 2.05) is 0 Å². The second-order valence-corrected chi connectivity index (χ2v) is 3.75. The molecule has 1 amide bonds. The number of amides is 1. The molecule has 0 spiro atoms. The van der Waals surface area contributed by atoms with Crippen molar-refractivity contribution in [1.29, 1.82) is 0 Å². The van der Waals surface area contributed by atoms with E-state index < -0.39 is 6.04 Å². The van der Waals surface area contributed by atoms with Crippen LogP contribution >= 0.6 is 0 Å². The highest BCUT2D eigenvalue weighted by Crippen LogP contribution is 2.07. The lowest BCUT2D eigenvalue weighted by atomic mass is 10.00. The van der Waals surface area contributed by atoms with Gasteiger partial charge in [0.1, 0.15) is 0 Å². The second-order valence-electron chi connectivity index (χ2n) is 3.75. The first-order valence-corrected chi connectivity index (χ1v) is 4.94. The molecule has 1 unspecified atom stereocenters. The minimum atomic E-state index is -0.392. The summed E-state index contributed by atoms with van der Waals surface area (Å²) < 4.78 is 0. The van der Waals surface area contributed by atoms with Gasteiger partial charge in [-0.2, -0.15) is 0 Å². The molecule has 1 heterocycles. The lowest BCUT2D eigenvalue weighted by molar-refractivity contribution is -0.122. The first-order valence-electron chi connectivity index (χ1n) is 4.94. The normalized spacial score (nSPS) is 25.2. The zero-order valence-corrected chi connectivity index (χ0v) is 8.18. The van der Waals surface area contributed by atoms with Crippen molar-refractivity contribution in [2.24, 2.45) is 11.7 Å². The van der Waals surface area contributed by atoms with Gasteiger partial charge in [0, 0.05) is 6.54 Å². The van der Waals surface area contributed by atoms with Gasteiger partial charge >= 0.3 is 0 Å². The summed E-state index contributed by atoms with van der Waals surface area (Å²) in [6, 6.07) is -0.392. The predicted molar refractivity (Wildman–Crippen MR) is 52.3 cm³/mol. The van der Waals surface area contributed by atoms with Crippen molar-refractivity contribution in [3.8, 4) is 0 Å². The van der Waals surface area contributed by atoms with Crippen molar-refractivity contribution in [1.82, 2.24) is 10.6 Å². The molecule has 0 aromatic rings. The Labute approximate surface area is 79.3 Å². The summed E-state index contributed by atoms with van der Waals surface area (Å²) in [6.07, 6.45) is 2.41. The molecule has 1 aliphatic heterocycles. The van der Waals surface area contributed by atoms with E-state index in [0.29, 0.717) is 5.92 Å². The van der Waals surface area contributed by atoms with Crippen molar-refractivity contribution < 1.29 is 4.79 Å². The van der Waals surface area contributed by atoms with Gasteiger partial charge in [0.25, 0.3) is 0 Å². The number of rotatable bonds is 3. The zero-order chi connectivity index (χ0) is 9.68. The number of piperidine rings is 1. The van der Waals surface area contributed by atoms with Gasteiger partial charge in [-0.25, -0.2) is 0 Å². The number of carbonyl (C=O) groups excluding carboxylic acids is 1. The van der Waals surface area contributed by atoms with E-state index in [4.69, 9.17) is 5.73 Å². The maximum atomic E-state index is 11.1. The fourth-order valence-corrected chi connectivity index (χ4v) is 1.50. The number of nitrogens with one attached hydrogen (secondary N) is 2. The highest BCUT2D eigenvalue weighted by atomic mass is 16.2. The van der Waals surface area contributed by atoms with E-state index >= 15 is 0 Å². The summed E-state index contributed by atoms with van der Waals surface area (Å²) in [4.78, 5) is 11.1. The summed E-state index contributed by atoms with van der Waals surface area (Å²) >= 11 is 0. The predicted octanol–water partition coefficient (Wildman–Crippen LogP) is -0.551. The van der Waals surface area contributed by atoms with Crippen LogP contribution < -0.4 is 16.4 Å². The van der Waals surface area contributed by atoms with Gasteiger partial charge in [-0.1, -0.05) is 0 Å². The monoisotopic (exact) mass is 185 g/mol. The lowest BCUT2D eigenvalue weighted by Crippen LogP contribution is -2.43. The number of hydrogen-bond acceptors (Lipinski definition) is 3. The molecule has 4 heteroatoms. The van der Waals surface area contributed by atoms with Gasteiger partial charge in [-0.3, -0.25) is 4.79 Å². The van der Waals surface area contributed by atoms with Gasteiger partial charge in [0.15, 0.2) is 0 Å². The highest BCUT2D eigenvalue weighted by molar-refractivity contribution is 5.80. The average Bonchev–Trinajstić information content (AvgIpc) is 2.15. The van der Waals surface area contributed by atoms with Crippen LogP contribution in [0.1, 0.15) is 19.8 Å². The van der Waals surface area contributed by atoms with Crippen LogP contribution in [0.3, 0.4) is 0 Å². The molecule has 1 saturated heterocycles. The smallest absolute Gasteiger partial charge is 0.236 e. The molecule has 2 atom stereocenters. The van der Waals surface area contributed by atoms with E-state index in [-0.39, 0.29) is 5.91 Å². The summed E-state index contributed by atoms with van der Waals surface area (Å²) in [7, 11) is 0. The van der Waals surface area contributed by atoms with Crippen molar-refractivity contribution >= 4 is 5.91 Å². The molecule has 4 nitrogen and oxygen atoms in total. The van der Waals surface area contributed by atoms with Crippen molar-refractivity contribution in [2.75, 3.05) is 19.6 Å². The maximum absolute atomic E-state index is 11.1. The Morgan fingerprint density at radius 3 is 3.08 bits per heavy atom. The van der Waals surface area contributed by atoms with Crippen LogP contribution in [-0.2, 0) is 4.79 Å². The Kier molecular flexibility index (Phi) is 4.18. The number of hydrogen-bond donors (Lipinski definition) is 3. The largest absolute Gasteiger partial charge is 0.354 e. The van der Waals surface area contributed by atoms with Crippen molar-refractivity contribution in [2.45, 2.75) is 25.8 Å². The molecule has 0 aliphatic carbocycles. The minimum Gasteiger partial charge on any atom is -0.354 e. The number of nitrogens with two attached hydrogens (primary N) is 1. The summed E-state index contributed by atoms with van der Waals surface area (Å²) in [5.41, 5.74) is 5.42.